The lowest BCUT2D eigenvalue weighted by atomic mass is 10.0. The van der Waals surface area contributed by atoms with Crippen molar-refractivity contribution in [2.45, 2.75) is 44.9 Å². The summed E-state index contributed by atoms with van der Waals surface area (Å²) >= 11 is 0. The van der Waals surface area contributed by atoms with Gasteiger partial charge in [-0.05, 0) is 25.3 Å². The summed E-state index contributed by atoms with van der Waals surface area (Å²) in [6.45, 7) is 4.08. The molecule has 112 valence electrons. The third-order valence-electron chi connectivity index (χ3n) is 3.71. The van der Waals surface area contributed by atoms with Crippen LogP contribution in [0.4, 0.5) is 5.69 Å². The lowest BCUT2D eigenvalue weighted by Gasteiger charge is -2.30. The van der Waals surface area contributed by atoms with Crippen LogP contribution in [0.5, 0.6) is 0 Å². The second-order valence-electron chi connectivity index (χ2n) is 5.21. The molecule has 5 heteroatoms. The van der Waals surface area contributed by atoms with Crippen molar-refractivity contribution in [3.8, 4) is 0 Å². The van der Waals surface area contributed by atoms with Crippen LogP contribution in [0.25, 0.3) is 0 Å². The van der Waals surface area contributed by atoms with E-state index in [4.69, 9.17) is 9.47 Å². The first-order valence-electron chi connectivity index (χ1n) is 7.30. The number of pyridine rings is 1. The molecule has 1 saturated heterocycles. The molecule has 0 saturated carbocycles. The predicted octanol–water partition coefficient (Wildman–Crippen LogP) is 1.86. The standard InChI is InChI=1S/C15H24N2O3/c1-3-14-10-12(6-8-20-14)16-13-4-5-15(18)17(11-13)7-9-19-2/h4-5,11-12,14,16H,3,6-10H2,1-2H3. The van der Waals surface area contributed by atoms with E-state index in [1.165, 1.54) is 0 Å². The van der Waals surface area contributed by atoms with Gasteiger partial charge in [0.15, 0.2) is 0 Å². The van der Waals surface area contributed by atoms with Gasteiger partial charge in [0.1, 0.15) is 0 Å². The number of ether oxygens (including phenoxy) is 2. The maximum atomic E-state index is 11.7. The number of methoxy groups -OCH3 is 1. The molecule has 1 aliphatic rings. The molecule has 2 unspecified atom stereocenters. The van der Waals surface area contributed by atoms with Gasteiger partial charge in [0.05, 0.1) is 18.4 Å². The molecule has 20 heavy (non-hydrogen) atoms. The van der Waals surface area contributed by atoms with Gasteiger partial charge in [0.25, 0.3) is 5.56 Å². The number of aromatic nitrogens is 1. The van der Waals surface area contributed by atoms with E-state index in [1.54, 1.807) is 17.7 Å². The van der Waals surface area contributed by atoms with Crippen molar-refractivity contribution in [1.29, 1.82) is 0 Å². The largest absolute Gasteiger partial charge is 0.383 e. The molecule has 0 aromatic carbocycles. The van der Waals surface area contributed by atoms with Crippen LogP contribution in [0.15, 0.2) is 23.1 Å². The summed E-state index contributed by atoms with van der Waals surface area (Å²) in [7, 11) is 1.64. The van der Waals surface area contributed by atoms with E-state index in [0.717, 1.165) is 31.6 Å². The van der Waals surface area contributed by atoms with E-state index in [-0.39, 0.29) is 5.56 Å². The molecule has 0 spiro atoms. The Hall–Kier alpha value is -1.33. The lowest BCUT2D eigenvalue weighted by molar-refractivity contribution is 0.00925. The summed E-state index contributed by atoms with van der Waals surface area (Å²) < 4.78 is 12.4. The van der Waals surface area contributed by atoms with E-state index < -0.39 is 0 Å². The third kappa shape index (κ3) is 4.08. The van der Waals surface area contributed by atoms with Gasteiger partial charge in [-0.2, -0.15) is 0 Å². The Bertz CT molecular complexity index is 472. The molecular weight excluding hydrogens is 256 g/mol. The minimum Gasteiger partial charge on any atom is -0.383 e. The molecule has 1 aromatic heterocycles. The summed E-state index contributed by atoms with van der Waals surface area (Å²) in [5.74, 6) is 0. The van der Waals surface area contributed by atoms with Crippen molar-refractivity contribution >= 4 is 5.69 Å². The van der Waals surface area contributed by atoms with Crippen molar-refractivity contribution in [1.82, 2.24) is 4.57 Å². The second-order valence-corrected chi connectivity index (χ2v) is 5.21. The van der Waals surface area contributed by atoms with Gasteiger partial charge < -0.3 is 19.4 Å². The van der Waals surface area contributed by atoms with Crippen LogP contribution in [0, 0.1) is 0 Å². The minimum atomic E-state index is 0.00557. The number of anilines is 1. The van der Waals surface area contributed by atoms with Crippen LogP contribution in [-0.4, -0.2) is 37.0 Å². The monoisotopic (exact) mass is 280 g/mol. The summed E-state index contributed by atoms with van der Waals surface area (Å²) in [5.41, 5.74) is 0.994. The molecule has 0 bridgehead atoms. The third-order valence-corrected chi connectivity index (χ3v) is 3.71. The molecule has 1 N–H and O–H groups in total. The van der Waals surface area contributed by atoms with Gasteiger partial charge >= 0.3 is 0 Å². The fourth-order valence-corrected chi connectivity index (χ4v) is 2.51. The lowest BCUT2D eigenvalue weighted by Crippen LogP contribution is -2.34. The van der Waals surface area contributed by atoms with Crippen molar-refractivity contribution in [3.05, 3.63) is 28.7 Å². The molecule has 1 aliphatic heterocycles. The van der Waals surface area contributed by atoms with E-state index in [2.05, 4.69) is 12.2 Å². The van der Waals surface area contributed by atoms with Crippen molar-refractivity contribution in [2.75, 3.05) is 25.6 Å². The Morgan fingerprint density at radius 3 is 3.10 bits per heavy atom. The van der Waals surface area contributed by atoms with E-state index >= 15 is 0 Å². The first-order chi connectivity index (χ1) is 9.72. The SMILES string of the molecule is CCC1CC(Nc2ccc(=O)n(CCOC)c2)CCO1. The summed E-state index contributed by atoms with van der Waals surface area (Å²) in [6, 6.07) is 3.87. The molecule has 1 aromatic rings. The highest BCUT2D eigenvalue weighted by atomic mass is 16.5. The molecular formula is C15H24N2O3. The van der Waals surface area contributed by atoms with Gasteiger partial charge in [-0.25, -0.2) is 0 Å². The Labute approximate surface area is 119 Å². The van der Waals surface area contributed by atoms with Crippen LogP contribution >= 0.6 is 0 Å². The highest BCUT2D eigenvalue weighted by Gasteiger charge is 2.21. The number of hydrogen-bond donors (Lipinski definition) is 1. The summed E-state index contributed by atoms with van der Waals surface area (Å²) in [5, 5.41) is 3.51. The number of hydrogen-bond acceptors (Lipinski definition) is 4. The Morgan fingerprint density at radius 1 is 1.50 bits per heavy atom. The average molecular weight is 280 g/mol. The molecule has 2 rings (SSSR count). The van der Waals surface area contributed by atoms with Crippen LogP contribution in [0.1, 0.15) is 26.2 Å². The van der Waals surface area contributed by atoms with Crippen molar-refractivity contribution in [2.24, 2.45) is 0 Å². The van der Waals surface area contributed by atoms with E-state index in [1.807, 2.05) is 12.3 Å². The quantitative estimate of drug-likeness (QED) is 0.864. The molecule has 0 aliphatic carbocycles. The highest BCUT2D eigenvalue weighted by Crippen LogP contribution is 2.19. The molecule has 0 amide bonds. The first-order valence-corrected chi connectivity index (χ1v) is 7.30. The zero-order valence-corrected chi connectivity index (χ0v) is 12.3. The highest BCUT2D eigenvalue weighted by molar-refractivity contribution is 5.41. The fraction of sp³-hybridized carbons (Fsp3) is 0.667. The van der Waals surface area contributed by atoms with Gasteiger partial charge in [-0.1, -0.05) is 6.92 Å². The van der Waals surface area contributed by atoms with Crippen molar-refractivity contribution < 1.29 is 9.47 Å². The molecule has 0 radical (unpaired) electrons. The van der Waals surface area contributed by atoms with Crippen LogP contribution in [0.2, 0.25) is 0 Å². The number of nitrogens with one attached hydrogen (secondary N) is 1. The van der Waals surface area contributed by atoms with E-state index in [9.17, 15) is 4.79 Å². The Morgan fingerprint density at radius 2 is 2.35 bits per heavy atom. The molecule has 2 atom stereocenters. The smallest absolute Gasteiger partial charge is 0.250 e. The molecule has 1 fully saturated rings. The molecule has 2 heterocycles. The minimum absolute atomic E-state index is 0.00557. The number of nitrogens with zero attached hydrogens (tertiary/aromatic N) is 1. The Kier molecular flexibility index (Phi) is 5.61. The maximum Gasteiger partial charge on any atom is 0.250 e. The zero-order valence-electron chi connectivity index (χ0n) is 12.3. The topological polar surface area (TPSA) is 52.5 Å². The van der Waals surface area contributed by atoms with Crippen LogP contribution in [-0.2, 0) is 16.0 Å². The molecule has 5 nitrogen and oxygen atoms in total. The van der Waals surface area contributed by atoms with Crippen molar-refractivity contribution in [3.63, 3.8) is 0 Å². The predicted molar refractivity (Wildman–Crippen MR) is 79.3 cm³/mol. The number of rotatable bonds is 6. The van der Waals surface area contributed by atoms with Crippen LogP contribution in [0.3, 0.4) is 0 Å². The first kappa shape index (κ1) is 15.1. The van der Waals surface area contributed by atoms with Gasteiger partial charge in [0.2, 0.25) is 0 Å². The Balaban J connectivity index is 2.00. The van der Waals surface area contributed by atoms with E-state index in [0.29, 0.717) is 25.3 Å². The summed E-state index contributed by atoms with van der Waals surface area (Å²) in [4.78, 5) is 11.7. The van der Waals surface area contributed by atoms with Gasteiger partial charge in [-0.3, -0.25) is 4.79 Å². The fourth-order valence-electron chi connectivity index (χ4n) is 2.51. The zero-order chi connectivity index (χ0) is 14.4. The van der Waals surface area contributed by atoms with Crippen LogP contribution < -0.4 is 10.9 Å². The maximum absolute atomic E-state index is 11.7. The normalized spacial score (nSPS) is 22.7. The summed E-state index contributed by atoms with van der Waals surface area (Å²) in [6.07, 6.45) is 5.30. The van der Waals surface area contributed by atoms with Gasteiger partial charge in [0, 0.05) is 38.6 Å². The second kappa shape index (κ2) is 7.45. The van der Waals surface area contributed by atoms with Gasteiger partial charge in [-0.15, -0.1) is 0 Å². The average Bonchev–Trinajstić information content (AvgIpc) is 2.48.